The molecule has 1 rings (SSSR count). The lowest BCUT2D eigenvalue weighted by molar-refractivity contribution is 0.0950. The minimum absolute atomic E-state index is 0.173. The molecule has 1 aromatic carbocycles. The Bertz CT molecular complexity index is 436. The molecule has 1 aromatic rings. The zero-order valence-electron chi connectivity index (χ0n) is 9.57. The number of anilines is 1. The van der Waals surface area contributed by atoms with Crippen LogP contribution >= 0.6 is 0 Å². The fourth-order valence-corrected chi connectivity index (χ4v) is 1.39. The largest absolute Gasteiger partial charge is 0.505 e. The molecule has 4 N–H and O–H groups in total. The van der Waals surface area contributed by atoms with Crippen molar-refractivity contribution in [2.24, 2.45) is 0 Å². The van der Waals surface area contributed by atoms with Gasteiger partial charge in [-0.3, -0.25) is 4.79 Å². The number of carbonyl (C=O) groups excluding carboxylic acids is 1. The van der Waals surface area contributed by atoms with Crippen molar-refractivity contribution in [3.63, 3.8) is 0 Å². The maximum Gasteiger partial charge on any atom is 0.255 e. The second-order valence-electron chi connectivity index (χ2n) is 3.66. The second-order valence-corrected chi connectivity index (χ2v) is 3.66. The Labute approximate surface area is 101 Å². The molecule has 0 unspecified atom stereocenters. The smallest absolute Gasteiger partial charge is 0.255 e. The van der Waals surface area contributed by atoms with E-state index in [9.17, 15) is 9.90 Å². The summed E-state index contributed by atoms with van der Waals surface area (Å²) in [5.74, 6) is 2.04. The van der Waals surface area contributed by atoms with Gasteiger partial charge in [0, 0.05) is 13.0 Å². The molecule has 90 valence electrons. The highest BCUT2D eigenvalue weighted by Gasteiger charge is 2.11. The number of hydrogen-bond acceptors (Lipinski definition) is 3. The SMILES string of the molecule is C#CCCCCNC(=O)c1cccc(N)c1O. The number of rotatable bonds is 5. The average Bonchev–Trinajstić information content (AvgIpc) is 2.32. The predicted molar refractivity (Wildman–Crippen MR) is 67.5 cm³/mol. The normalized spacial score (nSPS) is 9.59. The van der Waals surface area contributed by atoms with E-state index in [0.29, 0.717) is 13.0 Å². The van der Waals surface area contributed by atoms with E-state index in [0.717, 1.165) is 12.8 Å². The van der Waals surface area contributed by atoms with Crippen LogP contribution in [0, 0.1) is 12.3 Å². The molecule has 17 heavy (non-hydrogen) atoms. The van der Waals surface area contributed by atoms with Gasteiger partial charge in [-0.25, -0.2) is 0 Å². The molecule has 0 spiro atoms. The van der Waals surface area contributed by atoms with Crippen LogP contribution in [-0.2, 0) is 0 Å². The second kappa shape index (κ2) is 6.44. The van der Waals surface area contributed by atoms with Crippen molar-refractivity contribution in [3.8, 4) is 18.1 Å². The summed E-state index contributed by atoms with van der Waals surface area (Å²) in [6.45, 7) is 0.536. The fraction of sp³-hybridized carbons (Fsp3) is 0.308. The molecule has 4 nitrogen and oxygen atoms in total. The van der Waals surface area contributed by atoms with Crippen molar-refractivity contribution >= 4 is 11.6 Å². The fourth-order valence-electron chi connectivity index (χ4n) is 1.39. The summed E-state index contributed by atoms with van der Waals surface area (Å²) in [4.78, 5) is 11.7. The molecule has 0 aliphatic carbocycles. The predicted octanol–water partition coefficient (Wildman–Crippen LogP) is 1.51. The molecule has 0 aliphatic rings. The maximum absolute atomic E-state index is 11.7. The van der Waals surface area contributed by atoms with Gasteiger partial charge in [0.05, 0.1) is 11.3 Å². The number of terminal acetylenes is 1. The third-order valence-electron chi connectivity index (χ3n) is 2.35. The van der Waals surface area contributed by atoms with Crippen LogP contribution in [0.4, 0.5) is 5.69 Å². The molecule has 0 saturated carbocycles. The summed E-state index contributed by atoms with van der Waals surface area (Å²) in [5.41, 5.74) is 5.90. The van der Waals surface area contributed by atoms with Gasteiger partial charge in [-0.05, 0) is 25.0 Å². The molecule has 4 heteroatoms. The number of carbonyl (C=O) groups is 1. The van der Waals surface area contributed by atoms with Crippen LogP contribution in [0.3, 0.4) is 0 Å². The highest BCUT2D eigenvalue weighted by atomic mass is 16.3. The number of nitrogens with two attached hydrogens (primary N) is 1. The van der Waals surface area contributed by atoms with Crippen LogP contribution in [-0.4, -0.2) is 17.6 Å². The van der Waals surface area contributed by atoms with E-state index in [2.05, 4.69) is 11.2 Å². The topological polar surface area (TPSA) is 75.4 Å². The van der Waals surface area contributed by atoms with Crippen LogP contribution < -0.4 is 11.1 Å². The Balaban J connectivity index is 2.48. The maximum atomic E-state index is 11.7. The number of hydrogen-bond donors (Lipinski definition) is 3. The number of phenols is 1. The summed E-state index contributed by atoms with van der Waals surface area (Å²) >= 11 is 0. The Hall–Kier alpha value is -2.15. The van der Waals surface area contributed by atoms with Crippen molar-refractivity contribution in [1.82, 2.24) is 5.32 Å². The van der Waals surface area contributed by atoms with Crippen LogP contribution in [0.15, 0.2) is 18.2 Å². The van der Waals surface area contributed by atoms with E-state index < -0.39 is 0 Å². The molecular formula is C13H16N2O2. The third kappa shape index (κ3) is 3.72. The van der Waals surface area contributed by atoms with E-state index >= 15 is 0 Å². The Morgan fingerprint density at radius 3 is 2.94 bits per heavy atom. The number of nitrogens with one attached hydrogen (secondary N) is 1. The number of benzene rings is 1. The van der Waals surface area contributed by atoms with Crippen LogP contribution in [0.2, 0.25) is 0 Å². The Morgan fingerprint density at radius 1 is 1.47 bits per heavy atom. The number of nitrogen functional groups attached to an aromatic ring is 1. The van der Waals surface area contributed by atoms with Crippen molar-refractivity contribution in [2.75, 3.05) is 12.3 Å². The van der Waals surface area contributed by atoms with Gasteiger partial charge in [0.2, 0.25) is 0 Å². The van der Waals surface area contributed by atoms with Gasteiger partial charge in [0.15, 0.2) is 5.75 Å². The van der Waals surface area contributed by atoms with E-state index in [1.54, 1.807) is 12.1 Å². The zero-order valence-corrected chi connectivity index (χ0v) is 9.57. The molecule has 0 fully saturated rings. The van der Waals surface area contributed by atoms with Crippen molar-refractivity contribution < 1.29 is 9.90 Å². The lowest BCUT2D eigenvalue weighted by Crippen LogP contribution is -2.24. The molecular weight excluding hydrogens is 216 g/mol. The molecule has 0 radical (unpaired) electrons. The summed E-state index contributed by atoms with van der Waals surface area (Å²) in [6, 6.07) is 4.70. The standard InChI is InChI=1S/C13H16N2O2/c1-2-3-4-5-9-15-13(17)10-7-6-8-11(14)12(10)16/h1,6-8,16H,3-5,9,14H2,(H,15,17). The van der Waals surface area contributed by atoms with Gasteiger partial charge in [0.1, 0.15) is 0 Å². The molecule has 1 amide bonds. The van der Waals surface area contributed by atoms with Gasteiger partial charge < -0.3 is 16.2 Å². The number of amides is 1. The third-order valence-corrected chi connectivity index (χ3v) is 2.35. The first kappa shape index (κ1) is 12.9. The number of aromatic hydroxyl groups is 1. The van der Waals surface area contributed by atoms with Crippen LogP contribution in [0.1, 0.15) is 29.6 Å². The molecule has 0 heterocycles. The molecule has 0 aromatic heterocycles. The van der Waals surface area contributed by atoms with Crippen molar-refractivity contribution in [2.45, 2.75) is 19.3 Å². The first-order chi connectivity index (χ1) is 8.16. The summed E-state index contributed by atoms with van der Waals surface area (Å²) in [6.07, 6.45) is 7.51. The van der Waals surface area contributed by atoms with Gasteiger partial charge in [0.25, 0.3) is 5.91 Å². The average molecular weight is 232 g/mol. The Kier molecular flexibility index (Phi) is 4.89. The van der Waals surface area contributed by atoms with E-state index in [-0.39, 0.29) is 22.9 Å². The van der Waals surface area contributed by atoms with E-state index in [4.69, 9.17) is 12.2 Å². The summed E-state index contributed by atoms with van der Waals surface area (Å²) in [7, 11) is 0. The number of phenolic OH excluding ortho intramolecular Hbond substituents is 1. The minimum Gasteiger partial charge on any atom is -0.505 e. The van der Waals surface area contributed by atoms with Gasteiger partial charge in [-0.2, -0.15) is 0 Å². The number of unbranched alkanes of at least 4 members (excludes halogenated alkanes) is 2. The molecule has 0 saturated heterocycles. The lowest BCUT2D eigenvalue weighted by atomic mass is 10.1. The Morgan fingerprint density at radius 2 is 2.24 bits per heavy atom. The summed E-state index contributed by atoms with van der Waals surface area (Å²) < 4.78 is 0. The summed E-state index contributed by atoms with van der Waals surface area (Å²) in [5, 5.41) is 12.3. The quantitative estimate of drug-likeness (QED) is 0.312. The molecule has 0 atom stereocenters. The van der Waals surface area contributed by atoms with Gasteiger partial charge in [-0.15, -0.1) is 12.3 Å². The van der Waals surface area contributed by atoms with Crippen LogP contribution in [0.25, 0.3) is 0 Å². The number of para-hydroxylation sites is 1. The zero-order chi connectivity index (χ0) is 12.7. The van der Waals surface area contributed by atoms with Gasteiger partial charge >= 0.3 is 0 Å². The van der Waals surface area contributed by atoms with E-state index in [1.165, 1.54) is 6.07 Å². The molecule has 0 aliphatic heterocycles. The van der Waals surface area contributed by atoms with Crippen molar-refractivity contribution in [3.05, 3.63) is 23.8 Å². The molecule has 0 bridgehead atoms. The minimum atomic E-state index is -0.324. The highest BCUT2D eigenvalue weighted by molar-refractivity contribution is 5.98. The van der Waals surface area contributed by atoms with Crippen LogP contribution in [0.5, 0.6) is 5.75 Å². The van der Waals surface area contributed by atoms with Gasteiger partial charge in [-0.1, -0.05) is 6.07 Å². The van der Waals surface area contributed by atoms with Crippen molar-refractivity contribution in [1.29, 1.82) is 0 Å². The highest BCUT2D eigenvalue weighted by Crippen LogP contribution is 2.23. The first-order valence-electron chi connectivity index (χ1n) is 5.46. The monoisotopic (exact) mass is 232 g/mol. The lowest BCUT2D eigenvalue weighted by Gasteiger charge is -2.07. The van der Waals surface area contributed by atoms with E-state index in [1.807, 2.05) is 0 Å². The first-order valence-corrected chi connectivity index (χ1v) is 5.46.